The summed E-state index contributed by atoms with van der Waals surface area (Å²) in [5, 5.41) is -0.305. The van der Waals surface area contributed by atoms with Gasteiger partial charge in [0.1, 0.15) is 11.2 Å². The largest absolute Gasteiger partial charge is 0.298 e. The summed E-state index contributed by atoms with van der Waals surface area (Å²) in [6.07, 6.45) is 0. The number of rotatable bonds is 3. The van der Waals surface area contributed by atoms with Crippen LogP contribution >= 0.6 is 27.5 Å². The molecule has 1 nitrogen and oxygen atoms in total. The van der Waals surface area contributed by atoms with E-state index >= 15 is 0 Å². The van der Waals surface area contributed by atoms with Gasteiger partial charge in [0.05, 0.1) is 0 Å². The summed E-state index contributed by atoms with van der Waals surface area (Å²) in [5.41, 5.74) is 1.06. The SMILES string of the molecule is CC(=O)C(Cl)c1ccc(CBr)c(F)c1. The predicted molar refractivity (Wildman–Crippen MR) is 58.3 cm³/mol. The number of halogens is 3. The summed E-state index contributed by atoms with van der Waals surface area (Å²) in [7, 11) is 0. The Morgan fingerprint density at radius 1 is 1.64 bits per heavy atom. The van der Waals surface area contributed by atoms with Gasteiger partial charge in [0.2, 0.25) is 0 Å². The zero-order chi connectivity index (χ0) is 10.7. The first-order valence-electron chi connectivity index (χ1n) is 4.05. The average Bonchev–Trinajstić information content (AvgIpc) is 2.16. The fraction of sp³-hybridized carbons (Fsp3) is 0.300. The van der Waals surface area contributed by atoms with Crippen molar-refractivity contribution in [1.82, 2.24) is 0 Å². The average molecular weight is 280 g/mol. The van der Waals surface area contributed by atoms with Gasteiger partial charge in [-0.3, -0.25) is 4.79 Å². The molecule has 1 aromatic rings. The Morgan fingerprint density at radius 2 is 2.29 bits per heavy atom. The van der Waals surface area contributed by atoms with Gasteiger partial charge in [-0.15, -0.1) is 11.6 Å². The van der Waals surface area contributed by atoms with Crippen LogP contribution in [-0.4, -0.2) is 5.78 Å². The third-order valence-electron chi connectivity index (χ3n) is 1.87. The molecule has 0 saturated heterocycles. The highest BCUT2D eigenvalue weighted by Crippen LogP contribution is 2.24. The lowest BCUT2D eigenvalue weighted by atomic mass is 10.1. The lowest BCUT2D eigenvalue weighted by Crippen LogP contribution is -2.02. The third kappa shape index (κ3) is 2.55. The van der Waals surface area contributed by atoms with Gasteiger partial charge in [0, 0.05) is 5.33 Å². The minimum absolute atomic E-state index is 0.183. The van der Waals surface area contributed by atoms with Gasteiger partial charge >= 0.3 is 0 Å². The molecule has 0 radical (unpaired) electrons. The van der Waals surface area contributed by atoms with E-state index in [1.165, 1.54) is 13.0 Å². The van der Waals surface area contributed by atoms with Crippen LogP contribution < -0.4 is 0 Å². The summed E-state index contributed by atoms with van der Waals surface area (Å²) in [6.45, 7) is 1.38. The summed E-state index contributed by atoms with van der Waals surface area (Å²) >= 11 is 8.94. The van der Waals surface area contributed by atoms with Crippen LogP contribution in [0.1, 0.15) is 23.4 Å². The van der Waals surface area contributed by atoms with Crippen molar-refractivity contribution < 1.29 is 9.18 Å². The maximum absolute atomic E-state index is 13.3. The fourth-order valence-corrected chi connectivity index (χ4v) is 1.65. The van der Waals surface area contributed by atoms with E-state index in [1.54, 1.807) is 12.1 Å². The van der Waals surface area contributed by atoms with Crippen molar-refractivity contribution in [2.45, 2.75) is 17.6 Å². The molecule has 0 aliphatic heterocycles. The van der Waals surface area contributed by atoms with Crippen LogP contribution in [0.3, 0.4) is 0 Å². The smallest absolute Gasteiger partial charge is 0.152 e. The Hall–Kier alpha value is -0.410. The van der Waals surface area contributed by atoms with Crippen LogP contribution in [-0.2, 0) is 10.1 Å². The lowest BCUT2D eigenvalue weighted by molar-refractivity contribution is -0.116. The van der Waals surface area contributed by atoms with E-state index in [4.69, 9.17) is 11.6 Å². The van der Waals surface area contributed by atoms with E-state index in [1.807, 2.05) is 0 Å². The van der Waals surface area contributed by atoms with Gasteiger partial charge < -0.3 is 0 Å². The summed E-state index contributed by atoms with van der Waals surface area (Å²) < 4.78 is 13.3. The Balaban J connectivity index is 3.02. The molecule has 1 unspecified atom stereocenters. The fourth-order valence-electron chi connectivity index (χ4n) is 1.06. The van der Waals surface area contributed by atoms with Crippen molar-refractivity contribution in [1.29, 1.82) is 0 Å². The highest BCUT2D eigenvalue weighted by molar-refractivity contribution is 9.08. The molecule has 1 atom stereocenters. The van der Waals surface area contributed by atoms with E-state index in [0.717, 1.165) is 0 Å². The van der Waals surface area contributed by atoms with Crippen LogP contribution in [0, 0.1) is 5.82 Å². The Morgan fingerprint density at radius 3 is 2.71 bits per heavy atom. The van der Waals surface area contributed by atoms with Crippen molar-refractivity contribution >= 4 is 33.3 Å². The Bertz CT molecular complexity index is 354. The van der Waals surface area contributed by atoms with Gasteiger partial charge in [-0.2, -0.15) is 0 Å². The Labute approximate surface area is 95.4 Å². The standard InChI is InChI=1S/C10H9BrClFO/c1-6(14)10(12)7-2-3-8(5-11)9(13)4-7/h2-4,10H,5H2,1H3. The minimum Gasteiger partial charge on any atom is -0.298 e. The molecule has 0 amide bonds. The molecule has 0 aliphatic rings. The van der Waals surface area contributed by atoms with E-state index in [0.29, 0.717) is 16.5 Å². The van der Waals surface area contributed by atoms with Crippen LogP contribution in [0.15, 0.2) is 18.2 Å². The molecular formula is C10H9BrClFO. The molecule has 0 N–H and O–H groups in total. The summed E-state index contributed by atoms with van der Waals surface area (Å²) in [5.74, 6) is -0.524. The van der Waals surface area contributed by atoms with E-state index < -0.39 is 5.38 Å². The minimum atomic E-state index is -0.756. The molecular weight excluding hydrogens is 270 g/mol. The van der Waals surface area contributed by atoms with Crippen LogP contribution in [0.4, 0.5) is 4.39 Å². The van der Waals surface area contributed by atoms with Crippen molar-refractivity contribution in [3.63, 3.8) is 0 Å². The maximum Gasteiger partial charge on any atom is 0.152 e. The normalized spacial score (nSPS) is 12.6. The molecule has 0 saturated carbocycles. The number of hydrogen-bond donors (Lipinski definition) is 0. The van der Waals surface area contributed by atoms with Crippen molar-refractivity contribution in [3.05, 3.63) is 35.1 Å². The molecule has 0 aliphatic carbocycles. The summed E-state index contributed by atoms with van der Waals surface area (Å²) in [6, 6.07) is 4.59. The number of carbonyl (C=O) groups is 1. The van der Waals surface area contributed by atoms with E-state index in [2.05, 4.69) is 15.9 Å². The van der Waals surface area contributed by atoms with E-state index in [9.17, 15) is 9.18 Å². The predicted octanol–water partition coefficient (Wildman–Crippen LogP) is 3.59. The molecule has 1 rings (SSSR count). The highest BCUT2D eigenvalue weighted by atomic mass is 79.9. The van der Waals surface area contributed by atoms with Crippen molar-refractivity contribution in [3.8, 4) is 0 Å². The van der Waals surface area contributed by atoms with Crippen molar-refractivity contribution in [2.75, 3.05) is 0 Å². The molecule has 0 heterocycles. The van der Waals surface area contributed by atoms with Crippen LogP contribution in [0.25, 0.3) is 0 Å². The molecule has 0 aromatic heterocycles. The topological polar surface area (TPSA) is 17.1 Å². The number of carbonyl (C=O) groups excluding carboxylic acids is 1. The molecule has 0 fully saturated rings. The third-order valence-corrected chi connectivity index (χ3v) is 3.03. The molecule has 0 spiro atoms. The van der Waals surface area contributed by atoms with Crippen molar-refractivity contribution in [2.24, 2.45) is 0 Å². The molecule has 76 valence electrons. The quantitative estimate of drug-likeness (QED) is 0.773. The summed E-state index contributed by atoms with van der Waals surface area (Å²) in [4.78, 5) is 10.9. The van der Waals surface area contributed by atoms with Gasteiger partial charge in [-0.1, -0.05) is 28.1 Å². The number of hydrogen-bond acceptors (Lipinski definition) is 1. The number of ketones is 1. The van der Waals surface area contributed by atoms with Gasteiger partial charge in [-0.05, 0) is 24.1 Å². The first-order valence-corrected chi connectivity index (χ1v) is 5.61. The first-order chi connectivity index (χ1) is 6.56. The maximum atomic E-state index is 13.3. The van der Waals surface area contributed by atoms with Crippen LogP contribution in [0.5, 0.6) is 0 Å². The van der Waals surface area contributed by atoms with E-state index in [-0.39, 0.29) is 11.6 Å². The Kier molecular flexibility index (Phi) is 4.08. The zero-order valence-corrected chi connectivity index (χ0v) is 9.90. The number of benzene rings is 1. The van der Waals surface area contributed by atoms with Gasteiger partial charge in [0.25, 0.3) is 0 Å². The second-order valence-corrected chi connectivity index (χ2v) is 3.95. The highest BCUT2D eigenvalue weighted by Gasteiger charge is 2.14. The first kappa shape index (κ1) is 11.7. The molecule has 1 aromatic carbocycles. The monoisotopic (exact) mass is 278 g/mol. The lowest BCUT2D eigenvalue weighted by Gasteiger charge is -2.07. The van der Waals surface area contributed by atoms with Gasteiger partial charge in [-0.25, -0.2) is 4.39 Å². The van der Waals surface area contributed by atoms with Crippen LogP contribution in [0.2, 0.25) is 0 Å². The molecule has 4 heteroatoms. The number of alkyl halides is 2. The second kappa shape index (κ2) is 4.89. The number of Topliss-reactive ketones (excluding diaryl/α,β-unsaturated/α-hetero) is 1. The molecule has 14 heavy (non-hydrogen) atoms. The second-order valence-electron chi connectivity index (χ2n) is 2.96. The molecule has 0 bridgehead atoms. The van der Waals surface area contributed by atoms with Gasteiger partial charge in [0.15, 0.2) is 5.78 Å². The zero-order valence-electron chi connectivity index (χ0n) is 7.56.